The van der Waals surface area contributed by atoms with Gasteiger partial charge in [-0.3, -0.25) is 9.59 Å². The number of hydrogen-bond donors (Lipinski definition) is 1. The molecular weight excluding hydrogens is 258 g/mol. The van der Waals surface area contributed by atoms with Crippen LogP contribution in [-0.4, -0.2) is 47.7 Å². The molecule has 1 amide bonds. The summed E-state index contributed by atoms with van der Waals surface area (Å²) in [5.74, 6) is -0.957. The van der Waals surface area contributed by atoms with E-state index in [1.54, 1.807) is 4.90 Å². The van der Waals surface area contributed by atoms with E-state index in [1.165, 1.54) is 0 Å². The van der Waals surface area contributed by atoms with Crippen LogP contribution in [0.1, 0.15) is 27.9 Å². The van der Waals surface area contributed by atoms with Crippen molar-refractivity contribution in [2.45, 2.75) is 26.4 Å². The minimum Gasteiger partial charge on any atom is -0.481 e. The molecular formula is C15H19NO4. The fourth-order valence-corrected chi connectivity index (χ4v) is 2.36. The molecule has 1 fully saturated rings. The van der Waals surface area contributed by atoms with Crippen molar-refractivity contribution in [3.05, 3.63) is 34.9 Å². The van der Waals surface area contributed by atoms with Crippen LogP contribution in [0.15, 0.2) is 18.2 Å². The highest BCUT2D eigenvalue weighted by molar-refractivity contribution is 5.96. The number of carbonyl (C=O) groups is 2. The topological polar surface area (TPSA) is 66.8 Å². The maximum absolute atomic E-state index is 12.5. The van der Waals surface area contributed by atoms with E-state index in [4.69, 9.17) is 9.84 Å². The third-order valence-electron chi connectivity index (χ3n) is 3.45. The van der Waals surface area contributed by atoms with Crippen LogP contribution in [0.4, 0.5) is 0 Å². The highest BCUT2D eigenvalue weighted by Crippen LogP contribution is 2.16. The largest absolute Gasteiger partial charge is 0.481 e. The van der Waals surface area contributed by atoms with E-state index < -0.39 is 12.1 Å². The summed E-state index contributed by atoms with van der Waals surface area (Å²) in [5, 5.41) is 8.80. The molecule has 0 radical (unpaired) electrons. The van der Waals surface area contributed by atoms with E-state index >= 15 is 0 Å². The number of aryl methyl sites for hydroxylation is 2. The van der Waals surface area contributed by atoms with Crippen LogP contribution in [0.5, 0.6) is 0 Å². The van der Waals surface area contributed by atoms with Gasteiger partial charge in [0.25, 0.3) is 5.91 Å². The Kier molecular flexibility index (Phi) is 4.39. The molecule has 1 aliphatic heterocycles. The van der Waals surface area contributed by atoms with Crippen LogP contribution >= 0.6 is 0 Å². The van der Waals surface area contributed by atoms with Gasteiger partial charge in [-0.15, -0.1) is 0 Å². The number of nitrogens with zero attached hydrogens (tertiary/aromatic N) is 1. The molecule has 1 atom stereocenters. The molecule has 2 rings (SSSR count). The van der Waals surface area contributed by atoms with Crippen molar-refractivity contribution in [3.8, 4) is 0 Å². The molecule has 0 aliphatic carbocycles. The lowest BCUT2D eigenvalue weighted by Gasteiger charge is -2.32. The van der Waals surface area contributed by atoms with Gasteiger partial charge >= 0.3 is 5.97 Å². The fourth-order valence-electron chi connectivity index (χ4n) is 2.36. The zero-order valence-corrected chi connectivity index (χ0v) is 11.8. The normalized spacial score (nSPS) is 18.9. The third kappa shape index (κ3) is 3.36. The van der Waals surface area contributed by atoms with E-state index in [2.05, 4.69) is 0 Å². The molecule has 1 saturated heterocycles. The number of ether oxygens (including phenoxy) is 1. The predicted octanol–water partition coefficient (Wildman–Crippen LogP) is 1.62. The summed E-state index contributed by atoms with van der Waals surface area (Å²) in [7, 11) is 0. The quantitative estimate of drug-likeness (QED) is 0.911. The minimum absolute atomic E-state index is 0.0510. The SMILES string of the molecule is Cc1ccc(C)c(C(=O)N2CCO[C@@H](CC(=O)O)C2)c1. The molecule has 20 heavy (non-hydrogen) atoms. The lowest BCUT2D eigenvalue weighted by Crippen LogP contribution is -2.46. The van der Waals surface area contributed by atoms with E-state index in [-0.39, 0.29) is 12.3 Å². The van der Waals surface area contributed by atoms with Gasteiger partial charge in [0.05, 0.1) is 19.1 Å². The number of carboxylic acid groups (broad SMARTS) is 1. The van der Waals surface area contributed by atoms with Gasteiger partial charge in [0.2, 0.25) is 0 Å². The van der Waals surface area contributed by atoms with Crippen LogP contribution < -0.4 is 0 Å². The predicted molar refractivity (Wildman–Crippen MR) is 73.8 cm³/mol. The molecule has 1 aromatic carbocycles. The number of amides is 1. The van der Waals surface area contributed by atoms with Crippen molar-refractivity contribution < 1.29 is 19.4 Å². The van der Waals surface area contributed by atoms with Gasteiger partial charge in [0.1, 0.15) is 0 Å². The van der Waals surface area contributed by atoms with E-state index in [9.17, 15) is 9.59 Å². The second-order valence-electron chi connectivity index (χ2n) is 5.16. The molecule has 1 aliphatic rings. The summed E-state index contributed by atoms with van der Waals surface area (Å²) in [6.07, 6.45) is -0.494. The van der Waals surface area contributed by atoms with E-state index in [0.717, 1.165) is 11.1 Å². The van der Waals surface area contributed by atoms with Gasteiger partial charge in [-0.2, -0.15) is 0 Å². The molecule has 108 valence electrons. The molecule has 0 aromatic heterocycles. The average Bonchev–Trinajstić information content (AvgIpc) is 2.40. The van der Waals surface area contributed by atoms with Gasteiger partial charge in [0, 0.05) is 18.7 Å². The number of aliphatic carboxylic acids is 1. The Hall–Kier alpha value is -1.88. The van der Waals surface area contributed by atoms with Crippen molar-refractivity contribution >= 4 is 11.9 Å². The summed E-state index contributed by atoms with van der Waals surface area (Å²) in [4.78, 5) is 24.9. The van der Waals surface area contributed by atoms with Crippen molar-refractivity contribution in [1.82, 2.24) is 4.90 Å². The number of carbonyl (C=O) groups excluding carboxylic acids is 1. The third-order valence-corrected chi connectivity index (χ3v) is 3.45. The van der Waals surface area contributed by atoms with Crippen molar-refractivity contribution in [2.24, 2.45) is 0 Å². The number of hydrogen-bond acceptors (Lipinski definition) is 3. The molecule has 1 N–H and O–H groups in total. The number of morpholine rings is 1. The first-order valence-corrected chi connectivity index (χ1v) is 6.67. The number of benzene rings is 1. The first-order valence-electron chi connectivity index (χ1n) is 6.67. The first-order chi connectivity index (χ1) is 9.47. The van der Waals surface area contributed by atoms with Crippen LogP contribution in [0.3, 0.4) is 0 Å². The summed E-state index contributed by atoms with van der Waals surface area (Å²) in [5.41, 5.74) is 2.65. The maximum Gasteiger partial charge on any atom is 0.306 e. The number of carboxylic acids is 1. The molecule has 0 bridgehead atoms. The van der Waals surface area contributed by atoms with Crippen LogP contribution in [-0.2, 0) is 9.53 Å². The standard InChI is InChI=1S/C15H19NO4/c1-10-3-4-11(2)13(7-10)15(19)16-5-6-20-12(9-16)8-14(17)18/h3-4,7,12H,5-6,8-9H2,1-2H3,(H,17,18)/t12-/m0/s1. The van der Waals surface area contributed by atoms with E-state index in [1.807, 2.05) is 32.0 Å². The van der Waals surface area contributed by atoms with Crippen LogP contribution in [0.25, 0.3) is 0 Å². The Labute approximate surface area is 118 Å². The Morgan fingerprint density at radius 2 is 2.15 bits per heavy atom. The second-order valence-corrected chi connectivity index (χ2v) is 5.16. The van der Waals surface area contributed by atoms with Gasteiger partial charge in [-0.1, -0.05) is 17.7 Å². The van der Waals surface area contributed by atoms with Crippen LogP contribution in [0, 0.1) is 13.8 Å². The molecule has 0 saturated carbocycles. The van der Waals surface area contributed by atoms with E-state index in [0.29, 0.717) is 25.3 Å². The fraction of sp³-hybridized carbons (Fsp3) is 0.467. The van der Waals surface area contributed by atoms with Gasteiger partial charge in [0.15, 0.2) is 0 Å². The molecule has 5 nitrogen and oxygen atoms in total. The zero-order chi connectivity index (χ0) is 14.7. The molecule has 0 unspecified atom stereocenters. The summed E-state index contributed by atoms with van der Waals surface area (Å²) < 4.78 is 5.38. The summed E-state index contributed by atoms with van der Waals surface area (Å²) in [6.45, 7) is 5.07. The summed E-state index contributed by atoms with van der Waals surface area (Å²) in [6, 6.07) is 5.77. The van der Waals surface area contributed by atoms with Crippen LogP contribution in [0.2, 0.25) is 0 Å². The Bertz CT molecular complexity index is 527. The van der Waals surface area contributed by atoms with Gasteiger partial charge < -0.3 is 14.7 Å². The lowest BCUT2D eigenvalue weighted by molar-refractivity contribution is -0.141. The smallest absolute Gasteiger partial charge is 0.306 e. The van der Waals surface area contributed by atoms with Crippen molar-refractivity contribution in [1.29, 1.82) is 0 Å². The highest BCUT2D eigenvalue weighted by atomic mass is 16.5. The molecule has 0 spiro atoms. The van der Waals surface area contributed by atoms with Crippen molar-refractivity contribution in [2.75, 3.05) is 19.7 Å². The summed E-state index contributed by atoms with van der Waals surface area (Å²) >= 11 is 0. The lowest BCUT2D eigenvalue weighted by atomic mass is 10.0. The molecule has 5 heteroatoms. The Morgan fingerprint density at radius 1 is 1.40 bits per heavy atom. The zero-order valence-electron chi connectivity index (χ0n) is 11.8. The molecule has 1 aromatic rings. The highest BCUT2D eigenvalue weighted by Gasteiger charge is 2.27. The first kappa shape index (κ1) is 14.5. The Morgan fingerprint density at radius 3 is 2.85 bits per heavy atom. The number of rotatable bonds is 3. The second kappa shape index (κ2) is 6.05. The Balaban J connectivity index is 2.12. The monoisotopic (exact) mass is 277 g/mol. The average molecular weight is 277 g/mol. The van der Waals surface area contributed by atoms with Crippen molar-refractivity contribution in [3.63, 3.8) is 0 Å². The minimum atomic E-state index is -0.906. The maximum atomic E-state index is 12.5. The van der Waals surface area contributed by atoms with Gasteiger partial charge in [-0.05, 0) is 25.5 Å². The molecule has 1 heterocycles. The van der Waals surface area contributed by atoms with Gasteiger partial charge in [-0.25, -0.2) is 0 Å².